The molecule has 1 aromatic heterocycles. The molecule has 1 saturated carbocycles. The average Bonchev–Trinajstić information content (AvgIpc) is 2.98. The van der Waals surface area contributed by atoms with E-state index in [0.717, 1.165) is 19.3 Å². The van der Waals surface area contributed by atoms with Crippen molar-refractivity contribution in [1.82, 2.24) is 15.3 Å². The molecular weight excluding hydrogens is 266 g/mol. The summed E-state index contributed by atoms with van der Waals surface area (Å²) in [6, 6.07) is 10.1. The number of carbonyl (C=O) groups is 1. The Kier molecular flexibility index (Phi) is 4.01. The van der Waals surface area contributed by atoms with E-state index in [1.807, 2.05) is 18.2 Å². The van der Waals surface area contributed by atoms with Gasteiger partial charge in [-0.3, -0.25) is 4.79 Å². The Hall–Kier alpha value is -2.14. The summed E-state index contributed by atoms with van der Waals surface area (Å²) >= 11 is 0. The Bertz CT molecular complexity index is 577. The smallest absolute Gasteiger partial charge is 0.269 e. The zero-order valence-electron chi connectivity index (χ0n) is 11.7. The molecule has 1 aliphatic carbocycles. The highest BCUT2D eigenvalue weighted by atomic mass is 16.3. The lowest BCUT2D eigenvalue weighted by atomic mass is 9.75. The number of imidazole rings is 1. The first kappa shape index (κ1) is 13.8. The van der Waals surface area contributed by atoms with Gasteiger partial charge < -0.3 is 15.4 Å². The van der Waals surface area contributed by atoms with E-state index in [1.165, 1.54) is 18.1 Å². The van der Waals surface area contributed by atoms with Crippen LogP contribution in [0.4, 0.5) is 0 Å². The van der Waals surface area contributed by atoms with Crippen LogP contribution >= 0.6 is 0 Å². The van der Waals surface area contributed by atoms with Crippen molar-refractivity contribution in [3.8, 4) is 0 Å². The van der Waals surface area contributed by atoms with Gasteiger partial charge in [-0.25, -0.2) is 4.98 Å². The largest absolute Gasteiger partial charge is 0.393 e. The fourth-order valence-electron chi connectivity index (χ4n) is 2.79. The summed E-state index contributed by atoms with van der Waals surface area (Å²) in [6.45, 7) is 0. The third kappa shape index (κ3) is 3.31. The van der Waals surface area contributed by atoms with Gasteiger partial charge in [0.25, 0.3) is 5.91 Å². The summed E-state index contributed by atoms with van der Waals surface area (Å²) in [4.78, 5) is 18.9. The molecule has 0 bridgehead atoms. The van der Waals surface area contributed by atoms with Crippen molar-refractivity contribution in [2.24, 2.45) is 5.92 Å². The maximum absolute atomic E-state index is 12.2. The number of H-pyrrole nitrogens is 1. The minimum Gasteiger partial charge on any atom is -0.393 e. The second-order valence-electron chi connectivity index (χ2n) is 5.62. The van der Waals surface area contributed by atoms with Crippen molar-refractivity contribution in [3.63, 3.8) is 0 Å². The Morgan fingerprint density at radius 2 is 2.14 bits per heavy atom. The van der Waals surface area contributed by atoms with Gasteiger partial charge in [0.1, 0.15) is 5.69 Å². The zero-order chi connectivity index (χ0) is 14.7. The number of rotatable bonds is 5. The van der Waals surface area contributed by atoms with E-state index in [9.17, 15) is 9.90 Å². The van der Waals surface area contributed by atoms with Crippen molar-refractivity contribution >= 4 is 5.91 Å². The molecule has 5 nitrogen and oxygen atoms in total. The van der Waals surface area contributed by atoms with Crippen LogP contribution in [0.2, 0.25) is 0 Å². The first-order chi connectivity index (χ1) is 10.2. The maximum atomic E-state index is 12.2. The fraction of sp³-hybridized carbons (Fsp3) is 0.375. The molecule has 5 heteroatoms. The van der Waals surface area contributed by atoms with Crippen LogP contribution in [-0.2, 0) is 6.42 Å². The molecule has 110 valence electrons. The predicted molar refractivity (Wildman–Crippen MR) is 78.7 cm³/mol. The summed E-state index contributed by atoms with van der Waals surface area (Å²) in [5.74, 6) is 0.182. The highest BCUT2D eigenvalue weighted by Gasteiger charge is 2.35. The Morgan fingerprint density at radius 3 is 2.76 bits per heavy atom. The molecule has 2 aromatic rings. The number of aliphatic hydroxyl groups is 1. The van der Waals surface area contributed by atoms with Crippen LogP contribution in [0.15, 0.2) is 42.9 Å². The molecule has 1 atom stereocenters. The third-order valence-corrected chi connectivity index (χ3v) is 4.08. The van der Waals surface area contributed by atoms with Gasteiger partial charge in [-0.05, 0) is 30.7 Å². The van der Waals surface area contributed by atoms with Gasteiger partial charge in [-0.2, -0.15) is 0 Å². The number of aromatic nitrogens is 2. The van der Waals surface area contributed by atoms with Crippen LogP contribution in [-0.4, -0.2) is 33.1 Å². The number of hydrogen-bond acceptors (Lipinski definition) is 3. The molecule has 1 heterocycles. The standard InChI is InChI=1S/C16H19N3O2/c20-13-7-12(8-13)14(6-11-4-2-1-3-5-11)19-16(21)15-9-17-10-18-15/h1-5,9-10,12-14,20H,6-8H2,(H,17,18)(H,19,21)/t12?,13?,14-/m0/s1. The fourth-order valence-corrected chi connectivity index (χ4v) is 2.79. The van der Waals surface area contributed by atoms with Crippen molar-refractivity contribution in [1.29, 1.82) is 0 Å². The monoisotopic (exact) mass is 285 g/mol. The first-order valence-electron chi connectivity index (χ1n) is 7.23. The summed E-state index contributed by atoms with van der Waals surface area (Å²) in [6.07, 6.45) is 5.07. The van der Waals surface area contributed by atoms with Crippen LogP contribution in [0.3, 0.4) is 0 Å². The van der Waals surface area contributed by atoms with Gasteiger partial charge in [-0.1, -0.05) is 30.3 Å². The summed E-state index contributed by atoms with van der Waals surface area (Å²) < 4.78 is 0. The SMILES string of the molecule is O=C(N[C@@H](Cc1ccccc1)C1CC(O)C1)c1cnc[nH]1. The molecular formula is C16H19N3O2. The van der Waals surface area contributed by atoms with Crippen molar-refractivity contribution in [2.75, 3.05) is 0 Å². The van der Waals surface area contributed by atoms with Crippen molar-refractivity contribution in [2.45, 2.75) is 31.4 Å². The van der Waals surface area contributed by atoms with E-state index in [1.54, 1.807) is 0 Å². The molecule has 3 rings (SSSR count). The van der Waals surface area contributed by atoms with E-state index in [-0.39, 0.29) is 18.1 Å². The van der Waals surface area contributed by atoms with Crippen LogP contribution in [0.25, 0.3) is 0 Å². The van der Waals surface area contributed by atoms with E-state index >= 15 is 0 Å². The van der Waals surface area contributed by atoms with Crippen LogP contribution in [0.5, 0.6) is 0 Å². The molecule has 1 aliphatic rings. The van der Waals surface area contributed by atoms with E-state index in [2.05, 4.69) is 27.4 Å². The molecule has 0 aliphatic heterocycles. The number of benzene rings is 1. The summed E-state index contributed by atoms with van der Waals surface area (Å²) in [5, 5.41) is 12.6. The van der Waals surface area contributed by atoms with Gasteiger partial charge in [-0.15, -0.1) is 0 Å². The maximum Gasteiger partial charge on any atom is 0.269 e. The Balaban J connectivity index is 1.69. The molecule has 21 heavy (non-hydrogen) atoms. The molecule has 1 fully saturated rings. The second kappa shape index (κ2) is 6.10. The van der Waals surface area contributed by atoms with Gasteiger partial charge in [0.2, 0.25) is 0 Å². The molecule has 0 radical (unpaired) electrons. The second-order valence-corrected chi connectivity index (χ2v) is 5.62. The minimum absolute atomic E-state index is 0.0339. The number of carbonyl (C=O) groups excluding carboxylic acids is 1. The third-order valence-electron chi connectivity index (χ3n) is 4.08. The number of amides is 1. The van der Waals surface area contributed by atoms with Gasteiger partial charge >= 0.3 is 0 Å². The number of nitrogens with one attached hydrogen (secondary N) is 2. The lowest BCUT2D eigenvalue weighted by Crippen LogP contribution is -2.48. The zero-order valence-corrected chi connectivity index (χ0v) is 11.7. The lowest BCUT2D eigenvalue weighted by Gasteiger charge is -2.38. The van der Waals surface area contributed by atoms with Gasteiger partial charge in [0.15, 0.2) is 0 Å². The Labute approximate surface area is 123 Å². The molecule has 3 N–H and O–H groups in total. The quantitative estimate of drug-likeness (QED) is 0.779. The summed E-state index contributed by atoms with van der Waals surface area (Å²) in [5.41, 5.74) is 1.65. The predicted octanol–water partition coefficient (Wildman–Crippen LogP) is 1.52. The van der Waals surface area contributed by atoms with E-state index < -0.39 is 0 Å². The van der Waals surface area contributed by atoms with Crippen LogP contribution in [0.1, 0.15) is 28.9 Å². The lowest BCUT2D eigenvalue weighted by molar-refractivity contribution is 0.0239. The number of nitrogens with zero attached hydrogens (tertiary/aromatic N) is 1. The highest BCUT2D eigenvalue weighted by molar-refractivity contribution is 5.92. The number of aliphatic hydroxyl groups excluding tert-OH is 1. The molecule has 0 spiro atoms. The van der Waals surface area contributed by atoms with Crippen LogP contribution in [0, 0.1) is 5.92 Å². The molecule has 1 aromatic carbocycles. The van der Waals surface area contributed by atoms with Crippen LogP contribution < -0.4 is 5.32 Å². The molecule has 1 amide bonds. The van der Waals surface area contributed by atoms with E-state index in [4.69, 9.17) is 0 Å². The molecule has 0 saturated heterocycles. The summed E-state index contributed by atoms with van der Waals surface area (Å²) in [7, 11) is 0. The first-order valence-corrected chi connectivity index (χ1v) is 7.23. The van der Waals surface area contributed by atoms with Gasteiger partial charge in [0, 0.05) is 6.04 Å². The highest BCUT2D eigenvalue weighted by Crippen LogP contribution is 2.31. The number of hydrogen-bond donors (Lipinski definition) is 3. The average molecular weight is 285 g/mol. The number of aromatic amines is 1. The normalized spacial score (nSPS) is 22.3. The Morgan fingerprint density at radius 1 is 1.38 bits per heavy atom. The minimum atomic E-state index is -0.225. The van der Waals surface area contributed by atoms with Crippen molar-refractivity contribution < 1.29 is 9.90 Å². The molecule has 0 unspecified atom stereocenters. The topological polar surface area (TPSA) is 78.0 Å². The van der Waals surface area contributed by atoms with Gasteiger partial charge in [0.05, 0.1) is 18.6 Å². The van der Waals surface area contributed by atoms with Crippen molar-refractivity contribution in [3.05, 3.63) is 54.1 Å². The van der Waals surface area contributed by atoms with E-state index in [0.29, 0.717) is 11.6 Å².